The molecule has 1 heterocycles. The van der Waals surface area contributed by atoms with Crippen LogP contribution < -0.4 is 19.7 Å². The molecule has 184 valence electrons. The van der Waals surface area contributed by atoms with Crippen molar-refractivity contribution < 1.29 is 19.1 Å². The fourth-order valence-electron chi connectivity index (χ4n) is 4.28. The first-order valence-electron chi connectivity index (χ1n) is 12.0. The van der Waals surface area contributed by atoms with Crippen LogP contribution in [-0.2, 0) is 9.59 Å². The smallest absolute Gasteiger partial charge is 0.308 e. The molecule has 0 aliphatic carbocycles. The van der Waals surface area contributed by atoms with Crippen LogP contribution in [0.15, 0.2) is 30.3 Å². The Kier molecular flexibility index (Phi) is 8.93. The molecule has 34 heavy (non-hydrogen) atoms. The van der Waals surface area contributed by atoms with Gasteiger partial charge in [0.05, 0.1) is 6.61 Å². The highest BCUT2D eigenvalue weighted by Crippen LogP contribution is 2.33. The molecule has 0 unspecified atom stereocenters. The number of carbonyl (C=O) groups excluding carboxylic acids is 2. The lowest BCUT2D eigenvalue weighted by Crippen LogP contribution is -2.46. The van der Waals surface area contributed by atoms with Crippen molar-refractivity contribution in [3.63, 3.8) is 0 Å². The average molecular weight is 468 g/mol. The summed E-state index contributed by atoms with van der Waals surface area (Å²) in [5.74, 6) is 1.15. The molecule has 1 amide bonds. The zero-order chi connectivity index (χ0) is 24.7. The zero-order valence-electron chi connectivity index (χ0n) is 21.1. The van der Waals surface area contributed by atoms with Gasteiger partial charge in [-0.3, -0.25) is 14.5 Å². The van der Waals surface area contributed by atoms with E-state index in [0.29, 0.717) is 12.4 Å². The van der Waals surface area contributed by atoms with Gasteiger partial charge in [0.25, 0.3) is 0 Å². The maximum Gasteiger partial charge on any atom is 0.308 e. The Morgan fingerprint density at radius 3 is 2.24 bits per heavy atom. The van der Waals surface area contributed by atoms with Crippen molar-refractivity contribution in [2.24, 2.45) is 0 Å². The van der Waals surface area contributed by atoms with Gasteiger partial charge < -0.3 is 19.7 Å². The number of hydrogen-bond donors (Lipinski definition) is 1. The summed E-state index contributed by atoms with van der Waals surface area (Å²) < 4.78 is 11.4. The van der Waals surface area contributed by atoms with Crippen LogP contribution in [0.2, 0.25) is 0 Å². The maximum atomic E-state index is 11.3. The standard InChI is InChI=1S/C27H37N3O4/c1-19-18-26(20(2)21(3)27(19)34-23(5)32)33-17-7-6-12-29-13-15-30(16-14-29)25-10-8-24(9-11-25)28-22(4)31/h8-11,18H,6-7,12-17H2,1-5H3,(H,28,31). The van der Waals surface area contributed by atoms with Gasteiger partial charge in [0.2, 0.25) is 5.91 Å². The van der Waals surface area contributed by atoms with Gasteiger partial charge in [0, 0.05) is 51.4 Å². The molecule has 0 saturated carbocycles. The largest absolute Gasteiger partial charge is 0.493 e. The SMILES string of the molecule is CC(=O)Nc1ccc(N2CCN(CCCCOc3cc(C)c(OC(C)=O)c(C)c3C)CC2)cc1. The molecule has 0 radical (unpaired) electrons. The van der Waals surface area contributed by atoms with Crippen molar-refractivity contribution in [1.82, 2.24) is 4.90 Å². The zero-order valence-corrected chi connectivity index (χ0v) is 21.1. The number of aryl methyl sites for hydroxylation is 1. The van der Waals surface area contributed by atoms with E-state index in [-0.39, 0.29) is 11.9 Å². The minimum Gasteiger partial charge on any atom is -0.493 e. The molecule has 1 aliphatic heterocycles. The summed E-state index contributed by atoms with van der Waals surface area (Å²) in [6.45, 7) is 14.7. The van der Waals surface area contributed by atoms with Gasteiger partial charge in [0.15, 0.2) is 0 Å². The molecule has 0 bridgehead atoms. The molecular formula is C27H37N3O4. The first-order chi connectivity index (χ1) is 16.2. The van der Waals surface area contributed by atoms with E-state index in [1.165, 1.54) is 19.5 Å². The van der Waals surface area contributed by atoms with E-state index in [1.807, 2.05) is 39.0 Å². The van der Waals surface area contributed by atoms with E-state index in [4.69, 9.17) is 9.47 Å². The van der Waals surface area contributed by atoms with Crippen molar-refractivity contribution in [1.29, 1.82) is 0 Å². The first-order valence-corrected chi connectivity index (χ1v) is 12.0. The number of hydrogen-bond acceptors (Lipinski definition) is 6. The molecule has 1 fully saturated rings. The highest BCUT2D eigenvalue weighted by molar-refractivity contribution is 5.88. The van der Waals surface area contributed by atoms with Gasteiger partial charge in [-0.1, -0.05) is 0 Å². The predicted molar refractivity (Wildman–Crippen MR) is 136 cm³/mol. The molecule has 0 aromatic heterocycles. The highest BCUT2D eigenvalue weighted by Gasteiger charge is 2.17. The van der Waals surface area contributed by atoms with Gasteiger partial charge >= 0.3 is 5.97 Å². The third kappa shape index (κ3) is 6.97. The number of carbonyl (C=O) groups is 2. The van der Waals surface area contributed by atoms with E-state index in [9.17, 15) is 9.59 Å². The summed E-state index contributed by atoms with van der Waals surface area (Å²) >= 11 is 0. The molecule has 0 spiro atoms. The van der Waals surface area contributed by atoms with E-state index in [1.54, 1.807) is 0 Å². The average Bonchev–Trinajstić information content (AvgIpc) is 2.80. The Labute approximate surface area is 203 Å². The third-order valence-electron chi connectivity index (χ3n) is 6.28. The summed E-state index contributed by atoms with van der Waals surface area (Å²) in [6.07, 6.45) is 2.09. The number of benzene rings is 2. The lowest BCUT2D eigenvalue weighted by atomic mass is 10.0. The highest BCUT2D eigenvalue weighted by atomic mass is 16.5. The number of piperazine rings is 1. The lowest BCUT2D eigenvalue weighted by molar-refractivity contribution is -0.132. The van der Waals surface area contributed by atoms with E-state index < -0.39 is 0 Å². The van der Waals surface area contributed by atoms with E-state index >= 15 is 0 Å². The third-order valence-corrected chi connectivity index (χ3v) is 6.28. The number of rotatable bonds is 9. The number of ether oxygens (including phenoxy) is 2. The van der Waals surface area contributed by atoms with Crippen molar-refractivity contribution in [3.8, 4) is 11.5 Å². The maximum absolute atomic E-state index is 11.3. The Morgan fingerprint density at radius 2 is 1.62 bits per heavy atom. The molecule has 1 aliphatic rings. The second-order valence-electron chi connectivity index (χ2n) is 8.98. The van der Waals surface area contributed by atoms with Crippen molar-refractivity contribution >= 4 is 23.3 Å². The van der Waals surface area contributed by atoms with Crippen LogP contribution in [-0.4, -0.2) is 56.1 Å². The Balaban J connectivity index is 1.38. The summed E-state index contributed by atoms with van der Waals surface area (Å²) in [5, 5.41) is 2.81. The monoisotopic (exact) mass is 467 g/mol. The molecule has 7 heteroatoms. The van der Waals surface area contributed by atoms with Crippen LogP contribution >= 0.6 is 0 Å². The van der Waals surface area contributed by atoms with Gasteiger partial charge in [-0.2, -0.15) is 0 Å². The van der Waals surface area contributed by atoms with Gasteiger partial charge in [0.1, 0.15) is 11.5 Å². The van der Waals surface area contributed by atoms with Gasteiger partial charge in [-0.05, 0) is 87.2 Å². The van der Waals surface area contributed by atoms with Gasteiger partial charge in [-0.25, -0.2) is 0 Å². The minimum atomic E-state index is -0.306. The topological polar surface area (TPSA) is 71.1 Å². The Hall–Kier alpha value is -3.06. The van der Waals surface area contributed by atoms with E-state index in [0.717, 1.165) is 73.7 Å². The number of esters is 1. The molecule has 2 aromatic rings. The molecule has 1 saturated heterocycles. The summed E-state index contributed by atoms with van der Waals surface area (Å²) in [6, 6.07) is 10.0. The second kappa shape index (κ2) is 11.9. The van der Waals surface area contributed by atoms with Crippen LogP contribution in [0.5, 0.6) is 11.5 Å². The number of unbranched alkanes of at least 4 members (excludes halogenated alkanes) is 1. The predicted octanol–water partition coefficient (Wildman–Crippen LogP) is 4.48. The quantitative estimate of drug-likeness (QED) is 0.333. The fraction of sp³-hybridized carbons (Fsp3) is 0.481. The lowest BCUT2D eigenvalue weighted by Gasteiger charge is -2.36. The second-order valence-corrected chi connectivity index (χ2v) is 8.98. The minimum absolute atomic E-state index is 0.0516. The van der Waals surface area contributed by atoms with Crippen LogP contribution in [0.25, 0.3) is 0 Å². The molecule has 3 rings (SSSR count). The molecular weight excluding hydrogens is 430 g/mol. The van der Waals surface area contributed by atoms with Crippen LogP contribution in [0, 0.1) is 20.8 Å². The van der Waals surface area contributed by atoms with Crippen LogP contribution in [0.3, 0.4) is 0 Å². The summed E-state index contributed by atoms with van der Waals surface area (Å²) in [7, 11) is 0. The number of nitrogens with one attached hydrogen (secondary N) is 1. The van der Waals surface area contributed by atoms with E-state index in [2.05, 4.69) is 27.2 Å². The molecule has 2 aromatic carbocycles. The molecule has 7 nitrogen and oxygen atoms in total. The number of amides is 1. The first kappa shape index (κ1) is 25.6. The summed E-state index contributed by atoms with van der Waals surface area (Å²) in [5.41, 5.74) is 4.91. The van der Waals surface area contributed by atoms with Crippen LogP contribution in [0.4, 0.5) is 11.4 Å². The van der Waals surface area contributed by atoms with Crippen molar-refractivity contribution in [3.05, 3.63) is 47.0 Å². The van der Waals surface area contributed by atoms with Crippen molar-refractivity contribution in [2.75, 3.05) is 49.5 Å². The van der Waals surface area contributed by atoms with Crippen LogP contribution in [0.1, 0.15) is 43.4 Å². The van der Waals surface area contributed by atoms with Crippen molar-refractivity contribution in [2.45, 2.75) is 47.5 Å². The number of anilines is 2. The fourth-order valence-corrected chi connectivity index (χ4v) is 4.28. The Morgan fingerprint density at radius 1 is 0.941 bits per heavy atom. The normalized spacial score (nSPS) is 14.1. The Bertz CT molecular complexity index is 996. The van der Waals surface area contributed by atoms with Gasteiger partial charge in [-0.15, -0.1) is 0 Å². The molecule has 0 atom stereocenters. The molecule has 1 N–H and O–H groups in total. The summed E-state index contributed by atoms with van der Waals surface area (Å²) in [4.78, 5) is 27.4. The number of nitrogens with zero attached hydrogens (tertiary/aromatic N) is 2.